The van der Waals surface area contributed by atoms with Crippen LogP contribution < -0.4 is 0 Å². The van der Waals surface area contributed by atoms with E-state index in [1.807, 2.05) is 0 Å². The molecule has 0 radical (unpaired) electrons. The normalized spacial score (nSPS) is 12.3. The van der Waals surface area contributed by atoms with Crippen molar-refractivity contribution >= 4 is 17.9 Å². The van der Waals surface area contributed by atoms with Gasteiger partial charge in [0.15, 0.2) is 6.10 Å². The van der Waals surface area contributed by atoms with Crippen LogP contribution in [0.15, 0.2) is 48.6 Å². The molecule has 0 saturated carbocycles. The first-order valence-electron chi connectivity index (χ1n) is 29.1. The van der Waals surface area contributed by atoms with E-state index in [0.29, 0.717) is 19.3 Å². The van der Waals surface area contributed by atoms with Crippen molar-refractivity contribution in [3.8, 4) is 0 Å². The molecule has 1 unspecified atom stereocenters. The van der Waals surface area contributed by atoms with E-state index in [2.05, 4.69) is 69.4 Å². The summed E-state index contributed by atoms with van der Waals surface area (Å²) in [5, 5.41) is 0. The minimum absolute atomic E-state index is 0.0764. The molecule has 0 aliphatic rings. The predicted octanol–water partition coefficient (Wildman–Crippen LogP) is 19.4. The summed E-state index contributed by atoms with van der Waals surface area (Å²) in [6, 6.07) is 0. The van der Waals surface area contributed by atoms with Gasteiger partial charge in [-0.2, -0.15) is 0 Å². The zero-order chi connectivity index (χ0) is 48.6. The highest BCUT2D eigenvalue weighted by Crippen LogP contribution is 2.17. The fourth-order valence-corrected chi connectivity index (χ4v) is 8.49. The van der Waals surface area contributed by atoms with Crippen LogP contribution in [-0.4, -0.2) is 37.2 Å². The van der Waals surface area contributed by atoms with E-state index in [1.165, 1.54) is 167 Å². The third-order valence-corrected chi connectivity index (χ3v) is 12.8. The number of hydrogen-bond donors (Lipinski definition) is 0. The molecule has 0 heterocycles. The molecule has 0 bridgehead atoms. The highest BCUT2D eigenvalue weighted by molar-refractivity contribution is 5.71. The van der Waals surface area contributed by atoms with Crippen LogP contribution in [0.2, 0.25) is 0 Å². The summed E-state index contributed by atoms with van der Waals surface area (Å²) >= 11 is 0. The van der Waals surface area contributed by atoms with E-state index in [9.17, 15) is 14.4 Å². The number of ether oxygens (including phenoxy) is 3. The van der Waals surface area contributed by atoms with Gasteiger partial charge >= 0.3 is 17.9 Å². The summed E-state index contributed by atoms with van der Waals surface area (Å²) in [6.45, 7) is 6.55. The summed E-state index contributed by atoms with van der Waals surface area (Å²) in [5.74, 6) is -0.883. The lowest BCUT2D eigenvalue weighted by atomic mass is 10.0. The summed E-state index contributed by atoms with van der Waals surface area (Å²) in [6.07, 6.45) is 68.1. The average molecular weight is 940 g/mol. The Labute approximate surface area is 416 Å². The molecule has 0 aromatic heterocycles. The van der Waals surface area contributed by atoms with Gasteiger partial charge in [0.2, 0.25) is 0 Å². The van der Waals surface area contributed by atoms with Crippen LogP contribution in [-0.2, 0) is 28.6 Å². The van der Waals surface area contributed by atoms with E-state index in [4.69, 9.17) is 14.2 Å². The van der Waals surface area contributed by atoms with E-state index >= 15 is 0 Å². The second-order valence-electron chi connectivity index (χ2n) is 19.5. The topological polar surface area (TPSA) is 78.9 Å². The maximum Gasteiger partial charge on any atom is 0.306 e. The molecule has 6 heteroatoms. The molecule has 0 N–H and O–H groups in total. The molecule has 390 valence electrons. The fourth-order valence-electron chi connectivity index (χ4n) is 8.49. The Balaban J connectivity index is 4.38. The Morgan fingerprint density at radius 3 is 0.910 bits per heavy atom. The Morgan fingerprint density at radius 1 is 0.313 bits per heavy atom. The Morgan fingerprint density at radius 2 is 0.582 bits per heavy atom. The third-order valence-electron chi connectivity index (χ3n) is 12.8. The third kappa shape index (κ3) is 54.2. The van der Waals surface area contributed by atoms with Crippen molar-refractivity contribution in [3.05, 3.63) is 48.6 Å². The highest BCUT2D eigenvalue weighted by atomic mass is 16.6. The second kappa shape index (κ2) is 56.0. The van der Waals surface area contributed by atoms with Crippen molar-refractivity contribution in [2.75, 3.05) is 13.2 Å². The molecule has 0 aromatic rings. The number of allylic oxidation sites excluding steroid dienone is 8. The minimum atomic E-state index is -0.779. The van der Waals surface area contributed by atoms with E-state index in [1.54, 1.807) is 0 Å². The molecular formula is C61H110O6. The van der Waals surface area contributed by atoms with Crippen molar-refractivity contribution in [1.29, 1.82) is 0 Å². The Kier molecular flexibility index (Phi) is 53.8. The quantitative estimate of drug-likeness (QED) is 0.0262. The first-order valence-corrected chi connectivity index (χ1v) is 29.1. The van der Waals surface area contributed by atoms with Crippen LogP contribution in [0.5, 0.6) is 0 Å². The molecule has 67 heavy (non-hydrogen) atoms. The number of carbonyl (C=O) groups is 3. The molecule has 0 spiro atoms. The molecule has 0 saturated heterocycles. The van der Waals surface area contributed by atoms with Crippen molar-refractivity contribution < 1.29 is 28.6 Å². The van der Waals surface area contributed by atoms with Gasteiger partial charge in [0.1, 0.15) is 13.2 Å². The molecule has 1 atom stereocenters. The van der Waals surface area contributed by atoms with Gasteiger partial charge in [-0.15, -0.1) is 0 Å². The lowest BCUT2D eigenvalue weighted by molar-refractivity contribution is -0.167. The molecule has 0 fully saturated rings. The van der Waals surface area contributed by atoms with Crippen LogP contribution in [0.4, 0.5) is 0 Å². The number of rotatable bonds is 53. The van der Waals surface area contributed by atoms with Gasteiger partial charge in [-0.3, -0.25) is 14.4 Å². The maximum atomic E-state index is 12.9. The Bertz CT molecular complexity index is 1170. The van der Waals surface area contributed by atoms with Crippen molar-refractivity contribution in [3.63, 3.8) is 0 Å². The summed E-state index contributed by atoms with van der Waals surface area (Å²) in [7, 11) is 0. The monoisotopic (exact) mass is 939 g/mol. The van der Waals surface area contributed by atoms with Gasteiger partial charge in [0.05, 0.1) is 0 Å². The molecule has 0 rings (SSSR count). The van der Waals surface area contributed by atoms with Crippen LogP contribution >= 0.6 is 0 Å². The van der Waals surface area contributed by atoms with Crippen molar-refractivity contribution in [2.24, 2.45) is 0 Å². The van der Waals surface area contributed by atoms with Gasteiger partial charge in [0.25, 0.3) is 0 Å². The SMILES string of the molecule is CC/C=C\C/C=C\C/C=C\C/C=C\CCCCCCC(=O)OCC(COC(=O)CCCCCCCCCCCCCCCCCC)OC(=O)CCCCCCCCCCCCCCCCCC. The maximum absolute atomic E-state index is 12.9. The van der Waals surface area contributed by atoms with Crippen molar-refractivity contribution in [2.45, 2.75) is 309 Å². The summed E-state index contributed by atoms with van der Waals surface area (Å²) in [5.41, 5.74) is 0. The molecular weight excluding hydrogens is 829 g/mol. The smallest absolute Gasteiger partial charge is 0.306 e. The fraction of sp³-hybridized carbons (Fsp3) is 0.820. The lowest BCUT2D eigenvalue weighted by Crippen LogP contribution is -2.30. The summed E-state index contributed by atoms with van der Waals surface area (Å²) < 4.78 is 16.9. The molecule has 0 aliphatic heterocycles. The molecule has 0 amide bonds. The zero-order valence-electron chi connectivity index (χ0n) is 44.7. The summed E-state index contributed by atoms with van der Waals surface area (Å²) in [4.78, 5) is 38.2. The number of esters is 3. The molecule has 6 nitrogen and oxygen atoms in total. The number of hydrogen-bond acceptors (Lipinski definition) is 6. The van der Waals surface area contributed by atoms with Crippen LogP contribution in [0.1, 0.15) is 303 Å². The highest BCUT2D eigenvalue weighted by Gasteiger charge is 2.19. The van der Waals surface area contributed by atoms with Gasteiger partial charge in [0, 0.05) is 19.3 Å². The first-order chi connectivity index (χ1) is 33.0. The van der Waals surface area contributed by atoms with Gasteiger partial charge < -0.3 is 14.2 Å². The van der Waals surface area contributed by atoms with Crippen LogP contribution in [0, 0.1) is 0 Å². The van der Waals surface area contributed by atoms with Gasteiger partial charge in [-0.1, -0.05) is 275 Å². The lowest BCUT2D eigenvalue weighted by Gasteiger charge is -2.18. The zero-order valence-corrected chi connectivity index (χ0v) is 44.7. The van der Waals surface area contributed by atoms with Gasteiger partial charge in [-0.05, 0) is 57.8 Å². The standard InChI is InChI=1S/C61H110O6/c1-4-7-10-13-16-19-22-25-28-31-34-36-39-42-45-48-51-54-60(63)66-57-58(67-61(64)55-52-49-46-43-40-37-33-30-27-24-21-18-15-12-9-6-3)56-65-59(62)53-50-47-44-41-38-35-32-29-26-23-20-17-14-11-8-5-2/h7,10,16,19,25,28,34,36,58H,4-6,8-9,11-15,17-18,20-24,26-27,29-33,35,37-57H2,1-3H3/b10-7-,19-16-,28-25-,36-34-. The van der Waals surface area contributed by atoms with Crippen LogP contribution in [0.3, 0.4) is 0 Å². The van der Waals surface area contributed by atoms with E-state index in [0.717, 1.165) is 96.3 Å². The van der Waals surface area contributed by atoms with E-state index < -0.39 is 6.10 Å². The average Bonchev–Trinajstić information content (AvgIpc) is 3.33. The van der Waals surface area contributed by atoms with Crippen LogP contribution in [0.25, 0.3) is 0 Å². The first kappa shape index (κ1) is 64.4. The van der Waals surface area contributed by atoms with E-state index in [-0.39, 0.29) is 31.1 Å². The second-order valence-corrected chi connectivity index (χ2v) is 19.5. The molecule has 0 aliphatic carbocycles. The van der Waals surface area contributed by atoms with Gasteiger partial charge in [-0.25, -0.2) is 0 Å². The largest absolute Gasteiger partial charge is 0.462 e. The minimum Gasteiger partial charge on any atom is -0.462 e. The number of carbonyl (C=O) groups excluding carboxylic acids is 3. The Hall–Kier alpha value is -2.63. The predicted molar refractivity (Wildman–Crippen MR) is 289 cm³/mol. The number of unbranched alkanes of at least 4 members (excludes halogenated alkanes) is 34. The van der Waals surface area contributed by atoms with Crippen molar-refractivity contribution in [1.82, 2.24) is 0 Å². The molecule has 0 aromatic carbocycles.